The Hall–Kier alpha value is -2.53. The molecule has 0 saturated carbocycles. The van der Waals surface area contributed by atoms with Gasteiger partial charge < -0.3 is 19.1 Å². The van der Waals surface area contributed by atoms with Crippen LogP contribution in [0.4, 0.5) is 5.69 Å². The summed E-state index contributed by atoms with van der Waals surface area (Å²) in [6, 6.07) is 14.8. The number of fused-ring (bicyclic) bond motifs is 1. The van der Waals surface area contributed by atoms with Crippen molar-refractivity contribution in [3.63, 3.8) is 0 Å². The fourth-order valence-electron chi connectivity index (χ4n) is 2.59. The van der Waals surface area contributed by atoms with E-state index < -0.39 is 0 Å². The highest BCUT2D eigenvalue weighted by Crippen LogP contribution is 2.36. The predicted molar refractivity (Wildman–Crippen MR) is 85.3 cm³/mol. The lowest BCUT2D eigenvalue weighted by molar-refractivity contribution is 0.0976. The zero-order chi connectivity index (χ0) is 15.6. The van der Waals surface area contributed by atoms with Crippen molar-refractivity contribution in [2.45, 2.75) is 6.10 Å². The molecular formula is C18H17NO4. The summed E-state index contributed by atoms with van der Waals surface area (Å²) in [6.45, 7) is 2.30. The second-order valence-corrected chi connectivity index (χ2v) is 5.57. The maximum absolute atomic E-state index is 12.8. The average molecular weight is 311 g/mol. The summed E-state index contributed by atoms with van der Waals surface area (Å²) in [6.07, 6.45) is 0.198. The van der Waals surface area contributed by atoms with Crippen LogP contribution in [-0.2, 0) is 4.74 Å². The molecule has 0 aliphatic carbocycles. The van der Waals surface area contributed by atoms with Crippen molar-refractivity contribution < 1.29 is 19.0 Å². The van der Waals surface area contributed by atoms with Gasteiger partial charge in [0.05, 0.1) is 18.8 Å². The van der Waals surface area contributed by atoms with Crippen molar-refractivity contribution in [1.82, 2.24) is 0 Å². The molecule has 0 aromatic heterocycles. The van der Waals surface area contributed by atoms with Gasteiger partial charge in [-0.25, -0.2) is 0 Å². The van der Waals surface area contributed by atoms with Gasteiger partial charge in [0.15, 0.2) is 0 Å². The molecule has 0 radical (unpaired) electrons. The molecule has 23 heavy (non-hydrogen) atoms. The first-order chi connectivity index (χ1) is 11.3. The maximum Gasteiger partial charge on any atom is 0.258 e. The molecule has 4 rings (SSSR count). The second kappa shape index (κ2) is 5.93. The van der Waals surface area contributed by atoms with E-state index in [0.717, 1.165) is 18.0 Å². The zero-order valence-corrected chi connectivity index (χ0v) is 12.6. The van der Waals surface area contributed by atoms with Gasteiger partial charge in [0, 0.05) is 11.6 Å². The third-order valence-electron chi connectivity index (χ3n) is 3.90. The van der Waals surface area contributed by atoms with E-state index in [0.29, 0.717) is 31.1 Å². The van der Waals surface area contributed by atoms with Crippen LogP contribution in [-0.4, -0.2) is 38.4 Å². The summed E-state index contributed by atoms with van der Waals surface area (Å²) in [5, 5.41) is 0. The third-order valence-corrected chi connectivity index (χ3v) is 3.90. The van der Waals surface area contributed by atoms with Crippen molar-refractivity contribution in [3.05, 3.63) is 54.1 Å². The molecule has 0 bridgehead atoms. The standard InChI is InChI=1S/C18H17NO4/c20-18(13-4-2-1-3-5-13)19-8-9-21-17-7-6-14(10-16(17)19)22-11-15-12-23-15/h1-7,10,15H,8-9,11-12H2. The number of ether oxygens (including phenoxy) is 3. The van der Waals surface area contributed by atoms with E-state index in [1.807, 2.05) is 48.5 Å². The number of epoxide rings is 1. The lowest BCUT2D eigenvalue weighted by Crippen LogP contribution is -2.37. The van der Waals surface area contributed by atoms with Crippen LogP contribution in [0.15, 0.2) is 48.5 Å². The van der Waals surface area contributed by atoms with Gasteiger partial charge in [0.25, 0.3) is 5.91 Å². The number of amides is 1. The van der Waals surface area contributed by atoms with Crippen LogP contribution in [0.1, 0.15) is 10.4 Å². The first-order valence-corrected chi connectivity index (χ1v) is 7.69. The molecule has 1 unspecified atom stereocenters. The summed E-state index contributed by atoms with van der Waals surface area (Å²) in [5.74, 6) is 1.39. The number of benzene rings is 2. The fourth-order valence-corrected chi connectivity index (χ4v) is 2.59. The Balaban J connectivity index is 1.60. The highest BCUT2D eigenvalue weighted by Gasteiger charge is 2.26. The Kier molecular flexibility index (Phi) is 3.63. The number of carbonyl (C=O) groups excluding carboxylic acids is 1. The summed E-state index contributed by atoms with van der Waals surface area (Å²) in [5.41, 5.74) is 1.41. The van der Waals surface area contributed by atoms with Gasteiger partial charge >= 0.3 is 0 Å². The van der Waals surface area contributed by atoms with Crippen LogP contribution >= 0.6 is 0 Å². The molecule has 2 aromatic carbocycles. The first-order valence-electron chi connectivity index (χ1n) is 7.69. The topological polar surface area (TPSA) is 51.3 Å². The molecule has 5 nitrogen and oxygen atoms in total. The molecule has 5 heteroatoms. The largest absolute Gasteiger partial charge is 0.491 e. The van der Waals surface area contributed by atoms with Gasteiger partial charge in [-0.1, -0.05) is 18.2 Å². The van der Waals surface area contributed by atoms with E-state index in [2.05, 4.69) is 0 Å². The van der Waals surface area contributed by atoms with Crippen LogP contribution in [0.25, 0.3) is 0 Å². The van der Waals surface area contributed by atoms with Crippen LogP contribution < -0.4 is 14.4 Å². The highest BCUT2D eigenvalue weighted by atomic mass is 16.6. The molecule has 2 aliphatic rings. The fraction of sp³-hybridized carbons (Fsp3) is 0.278. The molecule has 2 aromatic rings. The minimum absolute atomic E-state index is 0.0298. The second-order valence-electron chi connectivity index (χ2n) is 5.57. The normalized spacial score (nSPS) is 18.8. The Morgan fingerprint density at radius 3 is 2.83 bits per heavy atom. The zero-order valence-electron chi connectivity index (χ0n) is 12.6. The van der Waals surface area contributed by atoms with E-state index in [4.69, 9.17) is 14.2 Å². The van der Waals surface area contributed by atoms with E-state index in [9.17, 15) is 4.79 Å². The van der Waals surface area contributed by atoms with Gasteiger partial charge in [0.1, 0.15) is 30.8 Å². The molecule has 1 atom stereocenters. The summed E-state index contributed by atoms with van der Waals surface area (Å²) in [7, 11) is 0. The van der Waals surface area contributed by atoms with Crippen LogP contribution in [0.3, 0.4) is 0 Å². The van der Waals surface area contributed by atoms with Gasteiger partial charge in [-0.05, 0) is 24.3 Å². The van der Waals surface area contributed by atoms with Crippen LogP contribution in [0, 0.1) is 0 Å². The number of rotatable bonds is 4. The molecule has 0 spiro atoms. The van der Waals surface area contributed by atoms with Gasteiger partial charge in [-0.3, -0.25) is 4.79 Å². The number of nitrogens with zero attached hydrogens (tertiary/aromatic N) is 1. The van der Waals surface area contributed by atoms with Crippen molar-refractivity contribution in [2.75, 3.05) is 31.3 Å². The molecule has 1 saturated heterocycles. The Bertz CT molecular complexity index is 712. The monoisotopic (exact) mass is 311 g/mol. The molecule has 1 amide bonds. The molecule has 1 fully saturated rings. The first kappa shape index (κ1) is 14.1. The molecule has 2 heterocycles. The summed E-state index contributed by atoms with van der Waals surface area (Å²) < 4.78 is 16.5. The van der Waals surface area contributed by atoms with E-state index in [1.54, 1.807) is 4.90 Å². The quantitative estimate of drug-likeness (QED) is 0.814. The Morgan fingerprint density at radius 2 is 2.04 bits per heavy atom. The Labute approximate surface area is 134 Å². The van der Waals surface area contributed by atoms with Gasteiger partial charge in [-0.15, -0.1) is 0 Å². The Morgan fingerprint density at radius 1 is 1.22 bits per heavy atom. The minimum atomic E-state index is -0.0298. The van der Waals surface area contributed by atoms with Crippen LogP contribution in [0.2, 0.25) is 0 Å². The van der Waals surface area contributed by atoms with Gasteiger partial charge in [-0.2, -0.15) is 0 Å². The summed E-state index contributed by atoms with van der Waals surface area (Å²) >= 11 is 0. The van der Waals surface area contributed by atoms with Crippen LogP contribution in [0.5, 0.6) is 11.5 Å². The maximum atomic E-state index is 12.8. The van der Waals surface area contributed by atoms with Crippen molar-refractivity contribution in [2.24, 2.45) is 0 Å². The van der Waals surface area contributed by atoms with Crippen molar-refractivity contribution >= 4 is 11.6 Å². The van der Waals surface area contributed by atoms with E-state index in [-0.39, 0.29) is 12.0 Å². The lowest BCUT2D eigenvalue weighted by atomic mass is 10.1. The SMILES string of the molecule is O=C(c1ccccc1)N1CCOc2ccc(OCC3CO3)cc21. The third kappa shape index (κ3) is 3.00. The number of hydrogen-bond donors (Lipinski definition) is 0. The lowest BCUT2D eigenvalue weighted by Gasteiger charge is -2.30. The number of hydrogen-bond acceptors (Lipinski definition) is 4. The molecule has 2 aliphatic heterocycles. The molecular weight excluding hydrogens is 294 g/mol. The molecule has 0 N–H and O–H groups in total. The average Bonchev–Trinajstić information content (AvgIpc) is 3.44. The van der Waals surface area contributed by atoms with E-state index in [1.165, 1.54) is 0 Å². The minimum Gasteiger partial charge on any atom is -0.491 e. The van der Waals surface area contributed by atoms with Crippen molar-refractivity contribution in [1.29, 1.82) is 0 Å². The number of carbonyl (C=O) groups is 1. The molecule has 118 valence electrons. The van der Waals surface area contributed by atoms with Crippen molar-refractivity contribution in [3.8, 4) is 11.5 Å². The smallest absolute Gasteiger partial charge is 0.258 e. The number of anilines is 1. The summed E-state index contributed by atoms with van der Waals surface area (Å²) in [4.78, 5) is 14.5. The predicted octanol–water partition coefficient (Wildman–Crippen LogP) is 2.50. The van der Waals surface area contributed by atoms with E-state index >= 15 is 0 Å². The highest BCUT2D eigenvalue weighted by molar-refractivity contribution is 6.07. The van der Waals surface area contributed by atoms with Gasteiger partial charge in [0.2, 0.25) is 0 Å².